The Morgan fingerprint density at radius 2 is 1.91 bits per heavy atom. The fraction of sp³-hybridized carbons (Fsp3) is 0.370. The van der Waals surface area contributed by atoms with Gasteiger partial charge in [0.25, 0.3) is 0 Å². The molecule has 1 N–H and O–H groups in total. The Bertz CT molecular complexity index is 1190. The van der Waals surface area contributed by atoms with Crippen molar-refractivity contribution in [2.45, 2.75) is 38.5 Å². The number of nitrogens with zero attached hydrogens (tertiary/aromatic N) is 2. The van der Waals surface area contributed by atoms with Crippen LogP contribution in [-0.4, -0.2) is 15.9 Å². The third-order valence-corrected chi connectivity index (χ3v) is 7.53. The Labute approximate surface area is 187 Å². The molecule has 1 amide bonds. The van der Waals surface area contributed by atoms with Gasteiger partial charge in [0.2, 0.25) is 5.91 Å². The summed E-state index contributed by atoms with van der Waals surface area (Å²) in [6.45, 7) is 2.03. The van der Waals surface area contributed by atoms with Crippen LogP contribution in [0.15, 0.2) is 48.8 Å². The minimum Gasteiger partial charge on any atom is -0.324 e. The minimum atomic E-state index is -0.214. The molecule has 0 spiro atoms. The lowest BCUT2D eigenvalue weighted by Crippen LogP contribution is -2.26. The second-order valence-corrected chi connectivity index (χ2v) is 9.34. The van der Waals surface area contributed by atoms with Crippen LogP contribution >= 0.6 is 0 Å². The summed E-state index contributed by atoms with van der Waals surface area (Å²) >= 11 is 0. The van der Waals surface area contributed by atoms with E-state index in [9.17, 15) is 9.18 Å². The molecule has 0 aliphatic heterocycles. The lowest BCUT2D eigenvalue weighted by molar-refractivity contribution is -0.120. The highest BCUT2D eigenvalue weighted by Crippen LogP contribution is 2.54. The quantitative estimate of drug-likeness (QED) is 0.556. The largest absolute Gasteiger partial charge is 0.324 e. The molecule has 3 unspecified atom stereocenters. The fourth-order valence-electron chi connectivity index (χ4n) is 5.84. The number of carbonyl (C=O) groups is 1. The maximum atomic E-state index is 13.9. The number of terminal acetylenes is 1. The highest BCUT2D eigenvalue weighted by atomic mass is 19.1. The van der Waals surface area contributed by atoms with E-state index in [0.29, 0.717) is 35.1 Å². The van der Waals surface area contributed by atoms with Crippen LogP contribution in [0.1, 0.15) is 49.8 Å². The zero-order chi connectivity index (χ0) is 22.2. The molecule has 2 saturated carbocycles. The molecule has 5 heteroatoms. The minimum absolute atomic E-state index is 0.0392. The number of pyridine rings is 2. The summed E-state index contributed by atoms with van der Waals surface area (Å²) in [7, 11) is 0. The van der Waals surface area contributed by atoms with Crippen molar-refractivity contribution in [2.24, 2.45) is 23.7 Å². The van der Waals surface area contributed by atoms with Crippen molar-refractivity contribution in [1.82, 2.24) is 9.97 Å². The zero-order valence-electron chi connectivity index (χ0n) is 18.1. The van der Waals surface area contributed by atoms with Gasteiger partial charge in [-0.1, -0.05) is 12.8 Å². The average molecular weight is 428 g/mol. The second kappa shape index (κ2) is 8.35. The van der Waals surface area contributed by atoms with Crippen molar-refractivity contribution < 1.29 is 9.18 Å². The fourth-order valence-corrected chi connectivity index (χ4v) is 5.84. The zero-order valence-corrected chi connectivity index (χ0v) is 18.1. The summed E-state index contributed by atoms with van der Waals surface area (Å²) in [5, 5.41) is 3.92. The summed E-state index contributed by atoms with van der Waals surface area (Å²) in [6.07, 6.45) is 13.1. The van der Waals surface area contributed by atoms with Gasteiger partial charge in [-0.15, -0.1) is 6.42 Å². The second-order valence-electron chi connectivity index (χ2n) is 9.34. The molecule has 32 heavy (non-hydrogen) atoms. The number of anilines is 1. The average Bonchev–Trinajstić information content (AvgIpc) is 3.38. The maximum absolute atomic E-state index is 13.9. The third kappa shape index (κ3) is 3.86. The van der Waals surface area contributed by atoms with Crippen molar-refractivity contribution in [3.63, 3.8) is 0 Å². The van der Waals surface area contributed by atoms with E-state index in [1.807, 2.05) is 13.1 Å². The predicted octanol–water partition coefficient (Wildman–Crippen LogP) is 5.54. The Hall–Kier alpha value is -3.26. The molecular weight excluding hydrogens is 401 g/mol. The Kier molecular flexibility index (Phi) is 5.38. The first-order chi connectivity index (χ1) is 15.5. The van der Waals surface area contributed by atoms with Gasteiger partial charge >= 0.3 is 0 Å². The molecule has 2 aliphatic carbocycles. The van der Waals surface area contributed by atoms with Gasteiger partial charge in [-0.3, -0.25) is 9.78 Å². The van der Waals surface area contributed by atoms with Crippen LogP contribution in [0.2, 0.25) is 0 Å². The maximum Gasteiger partial charge on any atom is 0.227 e. The van der Waals surface area contributed by atoms with Crippen molar-refractivity contribution in [2.75, 3.05) is 5.32 Å². The Morgan fingerprint density at radius 3 is 2.59 bits per heavy atom. The van der Waals surface area contributed by atoms with E-state index in [1.165, 1.54) is 11.6 Å². The van der Waals surface area contributed by atoms with Gasteiger partial charge in [-0.2, -0.15) is 0 Å². The molecule has 0 bridgehead atoms. The Balaban J connectivity index is 1.23. The van der Waals surface area contributed by atoms with Crippen LogP contribution in [0.25, 0.3) is 10.9 Å². The molecule has 162 valence electrons. The Morgan fingerprint density at radius 1 is 1.12 bits per heavy atom. The smallest absolute Gasteiger partial charge is 0.227 e. The number of benzene rings is 1. The van der Waals surface area contributed by atoms with E-state index in [4.69, 9.17) is 6.42 Å². The van der Waals surface area contributed by atoms with Crippen molar-refractivity contribution in [3.05, 3.63) is 65.9 Å². The highest BCUT2D eigenvalue weighted by Gasteiger charge is 2.44. The van der Waals surface area contributed by atoms with Crippen LogP contribution in [0.5, 0.6) is 0 Å². The van der Waals surface area contributed by atoms with Crippen LogP contribution in [0.3, 0.4) is 0 Å². The number of rotatable bonds is 4. The first-order valence-electron chi connectivity index (χ1n) is 11.3. The molecule has 2 fully saturated rings. The van der Waals surface area contributed by atoms with E-state index >= 15 is 0 Å². The molecule has 0 radical (unpaired) electrons. The standard InChI is InChI=1S/C27H26FN3O/c1-3-22-5-6-23(15-30-22)31-27(32)16(2)17-10-18-12-20(13-19(18)11-17)24-8-9-29-26-7-4-21(28)14-25(24)26/h1,4-9,14-20H,10-13H2,2H3,(H,31,32)/t16?,17-,18-,19?,20?/m1/s1. The van der Waals surface area contributed by atoms with Gasteiger partial charge in [0.15, 0.2) is 0 Å². The van der Waals surface area contributed by atoms with E-state index in [0.717, 1.165) is 36.6 Å². The first kappa shape index (κ1) is 20.6. The number of amides is 1. The van der Waals surface area contributed by atoms with E-state index in [1.54, 1.807) is 30.5 Å². The number of halogens is 1. The molecule has 2 heterocycles. The number of fused-ring (bicyclic) bond motifs is 2. The van der Waals surface area contributed by atoms with Crippen LogP contribution in [-0.2, 0) is 4.79 Å². The summed E-state index contributed by atoms with van der Waals surface area (Å²) in [4.78, 5) is 21.4. The van der Waals surface area contributed by atoms with Gasteiger partial charge in [-0.05, 0) is 91.3 Å². The molecular formula is C27H26FN3O. The number of hydrogen-bond donors (Lipinski definition) is 1. The monoisotopic (exact) mass is 427 g/mol. The van der Waals surface area contributed by atoms with Gasteiger partial charge in [0.05, 0.1) is 17.4 Å². The topological polar surface area (TPSA) is 54.9 Å². The van der Waals surface area contributed by atoms with Crippen molar-refractivity contribution in [3.8, 4) is 12.3 Å². The number of nitrogens with one attached hydrogen (secondary N) is 1. The summed E-state index contributed by atoms with van der Waals surface area (Å²) in [6, 6.07) is 10.4. The molecule has 1 aromatic carbocycles. The number of hydrogen-bond acceptors (Lipinski definition) is 3. The van der Waals surface area contributed by atoms with Gasteiger partial charge in [0, 0.05) is 17.5 Å². The highest BCUT2D eigenvalue weighted by molar-refractivity contribution is 5.92. The van der Waals surface area contributed by atoms with Crippen LogP contribution in [0, 0.1) is 41.8 Å². The van der Waals surface area contributed by atoms with Gasteiger partial charge < -0.3 is 5.32 Å². The predicted molar refractivity (Wildman–Crippen MR) is 123 cm³/mol. The van der Waals surface area contributed by atoms with Crippen molar-refractivity contribution >= 4 is 22.5 Å². The first-order valence-corrected chi connectivity index (χ1v) is 11.3. The lowest BCUT2D eigenvalue weighted by atomic mass is 9.86. The molecule has 5 rings (SSSR count). The van der Waals surface area contributed by atoms with Crippen LogP contribution in [0.4, 0.5) is 10.1 Å². The molecule has 2 aliphatic rings. The number of aromatic nitrogens is 2. The lowest BCUT2D eigenvalue weighted by Gasteiger charge is -2.21. The van der Waals surface area contributed by atoms with Gasteiger partial charge in [-0.25, -0.2) is 9.37 Å². The summed E-state index contributed by atoms with van der Waals surface area (Å²) < 4.78 is 13.9. The van der Waals surface area contributed by atoms with E-state index in [2.05, 4.69) is 27.3 Å². The molecule has 2 aromatic heterocycles. The summed E-state index contributed by atoms with van der Waals surface area (Å²) in [5.74, 6) is 4.31. The third-order valence-electron chi connectivity index (χ3n) is 7.53. The van der Waals surface area contributed by atoms with E-state index in [-0.39, 0.29) is 17.6 Å². The molecule has 0 saturated heterocycles. The molecule has 4 nitrogen and oxygen atoms in total. The molecule has 5 atom stereocenters. The normalized spacial score (nSPS) is 25.3. The van der Waals surface area contributed by atoms with E-state index < -0.39 is 0 Å². The SMILES string of the molecule is C#Cc1ccc(NC(=O)C(C)[C@H]2CC3CC(c4ccnc5ccc(F)cc45)C[C@H]3C2)cn1. The van der Waals surface area contributed by atoms with Crippen LogP contribution < -0.4 is 5.32 Å². The number of carbonyl (C=O) groups excluding carboxylic acids is 1. The van der Waals surface area contributed by atoms with Gasteiger partial charge in [0.1, 0.15) is 11.5 Å². The van der Waals surface area contributed by atoms with Crippen molar-refractivity contribution in [1.29, 1.82) is 0 Å². The molecule has 3 aromatic rings. The summed E-state index contributed by atoms with van der Waals surface area (Å²) in [5.41, 5.74) is 3.30.